The molecule has 0 aliphatic heterocycles. The van der Waals surface area contributed by atoms with Gasteiger partial charge in [0.2, 0.25) is 0 Å². The maximum Gasteiger partial charge on any atom is 0.0798 e. The second-order valence-electron chi connectivity index (χ2n) is 17.3. The Hall–Kier alpha value is -5.75. The van der Waals surface area contributed by atoms with Crippen LogP contribution in [0.1, 0.15) is 25.0 Å². The minimum Gasteiger partial charge on any atom is -0.332 e. The first-order valence-corrected chi connectivity index (χ1v) is 25.5. The summed E-state index contributed by atoms with van der Waals surface area (Å²) in [5.74, 6) is 1.57. The number of rotatable bonds is 8. The zero-order chi connectivity index (χ0) is 42.1. The van der Waals surface area contributed by atoms with Crippen LogP contribution in [0.25, 0.3) is 82.5 Å². The number of benzene rings is 7. The molecule has 3 heterocycles. The van der Waals surface area contributed by atoms with Gasteiger partial charge in [0.1, 0.15) is 0 Å². The van der Waals surface area contributed by atoms with Gasteiger partial charge in [-0.15, -0.1) is 41.3 Å². The van der Waals surface area contributed by atoms with Crippen LogP contribution in [-0.2, 0) is 26.5 Å². The number of aryl methyl sites for hydroxylation is 1. The van der Waals surface area contributed by atoms with Gasteiger partial charge in [0.15, 0.2) is 0 Å². The van der Waals surface area contributed by atoms with E-state index >= 15 is 0 Å². The van der Waals surface area contributed by atoms with E-state index in [9.17, 15) is 0 Å². The fourth-order valence-corrected chi connectivity index (χ4v) is 10.9. The summed E-state index contributed by atoms with van der Waals surface area (Å²) in [6, 6.07) is 61.1. The minimum atomic E-state index is -1.34. The molecule has 6 heteroatoms. The molecule has 3 nitrogen and oxygen atoms in total. The van der Waals surface area contributed by atoms with Gasteiger partial charge in [-0.3, -0.25) is 16.3 Å². The molecule has 1 radical (unpaired) electrons. The van der Waals surface area contributed by atoms with Crippen molar-refractivity contribution >= 4 is 56.5 Å². The largest absolute Gasteiger partial charge is 0.332 e. The van der Waals surface area contributed by atoms with E-state index < -0.39 is 8.07 Å². The Balaban J connectivity index is 0.000000214. The second kappa shape index (κ2) is 18.3. The fraction of sp³-hybridized carbons (Fsp3) is 0.143. The van der Waals surface area contributed by atoms with Crippen LogP contribution in [0.5, 0.6) is 0 Å². The number of thiophene rings is 1. The van der Waals surface area contributed by atoms with Crippen molar-refractivity contribution in [1.29, 1.82) is 0 Å². The number of imidazole rings is 1. The SMILES string of the molecule is CC(C)Cc1cc(-c2[c-]cccc2)ncc1[Si](C)(C)C.Cc1cccc2cc3c(-c4nc5ccccc5n4-c4c(-c5ccccc5)cccc4-c4ccccc4)[c-]sc3cc12.[Ir]. The Bertz CT molecular complexity index is 3070. The molecule has 62 heavy (non-hydrogen) atoms. The molecular formula is C56H49IrN3SSi-2. The van der Waals surface area contributed by atoms with Gasteiger partial charge in [-0.1, -0.05) is 182 Å². The smallest absolute Gasteiger partial charge is 0.0798 e. The average molecular weight is 1020 g/mol. The number of hydrogen-bond acceptors (Lipinski definition) is 3. The van der Waals surface area contributed by atoms with Crippen LogP contribution in [0.3, 0.4) is 0 Å². The Morgan fingerprint density at radius 1 is 0.694 bits per heavy atom. The van der Waals surface area contributed by atoms with E-state index in [1.807, 2.05) is 18.2 Å². The number of aromatic nitrogens is 3. The van der Waals surface area contributed by atoms with Crippen molar-refractivity contribution in [3.8, 4) is 50.6 Å². The van der Waals surface area contributed by atoms with Crippen LogP contribution in [0.2, 0.25) is 19.6 Å². The monoisotopic (exact) mass is 1020 g/mol. The van der Waals surface area contributed by atoms with Crippen molar-refractivity contribution in [2.75, 3.05) is 0 Å². The molecule has 0 spiro atoms. The molecule has 0 amide bonds. The summed E-state index contributed by atoms with van der Waals surface area (Å²) in [6.45, 7) is 13.9. The topological polar surface area (TPSA) is 30.7 Å². The first-order valence-electron chi connectivity index (χ1n) is 21.2. The zero-order valence-electron chi connectivity index (χ0n) is 36.0. The number of fused-ring (bicyclic) bond motifs is 3. The van der Waals surface area contributed by atoms with Crippen LogP contribution in [0, 0.1) is 24.3 Å². The van der Waals surface area contributed by atoms with E-state index in [2.05, 4.69) is 213 Å². The van der Waals surface area contributed by atoms with Crippen molar-refractivity contribution in [3.63, 3.8) is 0 Å². The molecule has 0 fully saturated rings. The standard InChI is InChI=1S/C38H25N2S.C18H24NSi.Ir/c1-25-12-10-17-28-22-32-33(24-41-36(32)23-31(25)28)38-39-34-20-8-9-21-35(34)40(38)37-29(26-13-4-2-5-14-26)18-11-19-30(37)27-15-6-3-7-16-27;1-14(2)11-16-12-17(15-9-7-6-8-10-15)19-13-18(16)20(3,4)5;/h2-23H,1H3;6-9,12-14H,11H2,1-5H3;/q2*-1;. The third-order valence-corrected chi connectivity index (χ3v) is 14.3. The van der Waals surface area contributed by atoms with E-state index in [1.54, 1.807) is 11.3 Å². The van der Waals surface area contributed by atoms with Gasteiger partial charge < -0.3 is 9.55 Å². The molecule has 0 bridgehead atoms. The number of para-hydroxylation sites is 3. The van der Waals surface area contributed by atoms with Gasteiger partial charge in [0.25, 0.3) is 0 Å². The Morgan fingerprint density at radius 3 is 2.02 bits per heavy atom. The zero-order valence-corrected chi connectivity index (χ0v) is 40.2. The van der Waals surface area contributed by atoms with Crippen LogP contribution < -0.4 is 5.19 Å². The Kier molecular flexibility index (Phi) is 12.7. The van der Waals surface area contributed by atoms with Crippen molar-refractivity contribution < 1.29 is 20.1 Å². The number of hydrogen-bond donors (Lipinski definition) is 0. The minimum absolute atomic E-state index is 0. The van der Waals surface area contributed by atoms with Crippen LogP contribution in [0.4, 0.5) is 0 Å². The summed E-state index contributed by atoms with van der Waals surface area (Å²) < 4.78 is 3.58. The fourth-order valence-electron chi connectivity index (χ4n) is 8.46. The summed E-state index contributed by atoms with van der Waals surface area (Å²) in [7, 11) is -1.34. The van der Waals surface area contributed by atoms with Gasteiger partial charge in [-0.25, -0.2) is 0 Å². The number of pyridine rings is 1. The maximum atomic E-state index is 5.29. The Morgan fingerprint density at radius 2 is 1.35 bits per heavy atom. The molecule has 0 aliphatic rings. The molecule has 3 aromatic heterocycles. The molecular weight excluding hydrogens is 967 g/mol. The van der Waals surface area contributed by atoms with Crippen molar-refractivity contribution in [1.82, 2.24) is 14.5 Å². The molecule has 0 unspecified atom stereocenters. The second-order valence-corrected chi connectivity index (χ2v) is 23.2. The third kappa shape index (κ3) is 8.66. The molecule has 0 N–H and O–H groups in total. The maximum absolute atomic E-state index is 5.29. The van der Waals surface area contributed by atoms with E-state index in [1.165, 1.54) is 48.3 Å². The van der Waals surface area contributed by atoms with Crippen molar-refractivity contribution in [2.24, 2.45) is 5.92 Å². The number of nitrogens with zero attached hydrogens (tertiary/aromatic N) is 3. The normalized spacial score (nSPS) is 11.5. The predicted octanol–water partition coefficient (Wildman–Crippen LogP) is 14.8. The average Bonchev–Trinajstić information content (AvgIpc) is 3.87. The van der Waals surface area contributed by atoms with E-state index in [0.717, 1.165) is 56.9 Å². The van der Waals surface area contributed by atoms with Crippen molar-refractivity contribution in [3.05, 3.63) is 193 Å². The molecule has 309 valence electrons. The van der Waals surface area contributed by atoms with E-state index in [0.29, 0.717) is 5.92 Å². The predicted molar refractivity (Wildman–Crippen MR) is 264 cm³/mol. The van der Waals surface area contributed by atoms with Crippen LogP contribution >= 0.6 is 11.3 Å². The first-order chi connectivity index (χ1) is 29.6. The summed E-state index contributed by atoms with van der Waals surface area (Å²) >= 11 is 1.67. The van der Waals surface area contributed by atoms with Crippen LogP contribution in [0.15, 0.2) is 170 Å². The van der Waals surface area contributed by atoms with Gasteiger partial charge in [0, 0.05) is 37.4 Å². The van der Waals surface area contributed by atoms with Gasteiger partial charge in [0.05, 0.1) is 30.6 Å². The van der Waals surface area contributed by atoms with Crippen LogP contribution in [-0.4, -0.2) is 22.6 Å². The summed E-state index contributed by atoms with van der Waals surface area (Å²) in [6.07, 6.45) is 3.24. The molecule has 0 saturated heterocycles. The van der Waals surface area contributed by atoms with Crippen molar-refractivity contribution in [2.45, 2.75) is 46.8 Å². The summed E-state index contributed by atoms with van der Waals surface area (Å²) in [4.78, 5) is 9.97. The van der Waals surface area contributed by atoms with Gasteiger partial charge in [-0.05, 0) is 69.7 Å². The molecule has 0 saturated carbocycles. The molecule has 0 atom stereocenters. The van der Waals surface area contributed by atoms with E-state index in [4.69, 9.17) is 4.98 Å². The van der Waals surface area contributed by atoms with Gasteiger partial charge in [-0.2, -0.15) is 0 Å². The molecule has 10 rings (SSSR count). The molecule has 7 aromatic carbocycles. The molecule has 0 aliphatic carbocycles. The first kappa shape index (κ1) is 42.9. The summed E-state index contributed by atoms with van der Waals surface area (Å²) in [5.41, 5.74) is 13.8. The third-order valence-electron chi connectivity index (χ3n) is 11.4. The molecule has 10 aromatic rings. The van der Waals surface area contributed by atoms with Gasteiger partial charge >= 0.3 is 0 Å². The Labute approximate surface area is 384 Å². The van der Waals surface area contributed by atoms with E-state index in [-0.39, 0.29) is 20.1 Å². The summed E-state index contributed by atoms with van der Waals surface area (Å²) in [5, 5.41) is 8.87. The quantitative estimate of drug-likeness (QED) is 0.112.